The molecule has 0 spiro atoms. The van der Waals surface area contributed by atoms with Crippen LogP contribution in [0.3, 0.4) is 0 Å². The van der Waals surface area contributed by atoms with Gasteiger partial charge in [-0.15, -0.1) is 0 Å². The van der Waals surface area contributed by atoms with Crippen molar-refractivity contribution in [2.45, 2.75) is 6.23 Å². The van der Waals surface area contributed by atoms with Crippen LogP contribution in [0.1, 0.15) is 11.8 Å². The summed E-state index contributed by atoms with van der Waals surface area (Å²) >= 11 is 0. The van der Waals surface area contributed by atoms with E-state index in [1.54, 1.807) is 31.3 Å². The van der Waals surface area contributed by atoms with E-state index >= 15 is 0 Å². The molecule has 0 aromatic heterocycles. The van der Waals surface area contributed by atoms with Crippen molar-refractivity contribution in [3.8, 4) is 0 Å². The average molecular weight is 305 g/mol. The number of hydrogen-bond acceptors (Lipinski definition) is 7. The fraction of sp³-hybridized carbons (Fsp3) is 0.357. The summed E-state index contributed by atoms with van der Waals surface area (Å²) in [7, 11) is 1.62. The van der Waals surface area contributed by atoms with Gasteiger partial charge in [-0.1, -0.05) is 12.1 Å². The van der Waals surface area contributed by atoms with Crippen LogP contribution in [-0.4, -0.2) is 64.4 Å². The van der Waals surface area contributed by atoms with Crippen LogP contribution in [0.15, 0.2) is 34.4 Å². The molecule has 0 aliphatic carbocycles. The molecule has 118 valence electrons. The first-order valence-electron chi connectivity index (χ1n) is 6.79. The van der Waals surface area contributed by atoms with E-state index in [4.69, 9.17) is 10.5 Å². The van der Waals surface area contributed by atoms with Gasteiger partial charge < -0.3 is 15.3 Å². The van der Waals surface area contributed by atoms with Gasteiger partial charge in [-0.2, -0.15) is 5.10 Å². The maximum atomic E-state index is 9.83. The molecule has 2 rings (SSSR count). The molecule has 1 aromatic rings. The first-order valence-corrected chi connectivity index (χ1v) is 6.79. The van der Waals surface area contributed by atoms with Gasteiger partial charge in [0, 0.05) is 13.6 Å². The Kier molecular flexibility index (Phi) is 5.34. The molecule has 0 saturated heterocycles. The normalized spacial score (nSPS) is 18.0. The third kappa shape index (κ3) is 3.55. The third-order valence-corrected chi connectivity index (χ3v) is 3.14. The largest absolute Gasteiger partial charge is 0.395 e. The highest BCUT2D eigenvalue weighted by molar-refractivity contribution is 6.69. The van der Waals surface area contributed by atoms with Crippen molar-refractivity contribution < 1.29 is 15.3 Å². The van der Waals surface area contributed by atoms with Crippen molar-refractivity contribution in [1.82, 2.24) is 10.3 Å². The number of nitrogens with one attached hydrogen (secondary N) is 2. The van der Waals surface area contributed by atoms with Crippen molar-refractivity contribution >= 4 is 22.9 Å². The summed E-state index contributed by atoms with van der Waals surface area (Å²) in [6.07, 6.45) is -0.862. The second-order valence-electron chi connectivity index (χ2n) is 4.71. The summed E-state index contributed by atoms with van der Waals surface area (Å²) in [4.78, 5) is 4.32. The van der Waals surface area contributed by atoms with Gasteiger partial charge in [-0.25, -0.2) is 10.0 Å². The van der Waals surface area contributed by atoms with E-state index in [-0.39, 0.29) is 19.0 Å². The van der Waals surface area contributed by atoms with Crippen molar-refractivity contribution in [2.24, 2.45) is 10.1 Å². The number of rotatable bonds is 6. The van der Waals surface area contributed by atoms with Crippen molar-refractivity contribution in [3.63, 3.8) is 0 Å². The molecule has 1 unspecified atom stereocenters. The summed E-state index contributed by atoms with van der Waals surface area (Å²) in [5, 5.41) is 43.8. The van der Waals surface area contributed by atoms with Gasteiger partial charge in [0.1, 0.15) is 17.7 Å². The Morgan fingerprint density at radius 2 is 2.00 bits per heavy atom. The number of amidine groups is 1. The van der Waals surface area contributed by atoms with Crippen molar-refractivity contribution in [3.05, 3.63) is 29.8 Å². The summed E-state index contributed by atoms with van der Waals surface area (Å²) in [5.74, 6) is 0.123. The van der Waals surface area contributed by atoms with Crippen LogP contribution < -0.4 is 5.32 Å². The quantitative estimate of drug-likeness (QED) is 0.458. The van der Waals surface area contributed by atoms with Gasteiger partial charge >= 0.3 is 0 Å². The molecular weight excluding hydrogens is 286 g/mol. The Hall–Kier alpha value is -2.13. The van der Waals surface area contributed by atoms with Crippen LogP contribution >= 0.6 is 0 Å². The molecule has 8 nitrogen and oxygen atoms in total. The van der Waals surface area contributed by atoms with Gasteiger partial charge in [-0.05, 0) is 17.7 Å². The minimum absolute atomic E-state index is 0.0539. The van der Waals surface area contributed by atoms with Gasteiger partial charge in [0.15, 0.2) is 5.84 Å². The first-order chi connectivity index (χ1) is 10.6. The van der Waals surface area contributed by atoms with E-state index < -0.39 is 6.23 Å². The van der Waals surface area contributed by atoms with Gasteiger partial charge in [0.2, 0.25) is 0 Å². The topological polar surface area (TPSA) is 125 Å². The highest BCUT2D eigenvalue weighted by Gasteiger charge is 2.25. The lowest BCUT2D eigenvalue weighted by Gasteiger charge is -2.12. The fourth-order valence-corrected chi connectivity index (χ4v) is 1.97. The Morgan fingerprint density at radius 1 is 1.32 bits per heavy atom. The summed E-state index contributed by atoms with van der Waals surface area (Å²) < 4.78 is 0. The van der Waals surface area contributed by atoms with E-state index in [1.165, 1.54) is 5.01 Å². The zero-order valence-electron chi connectivity index (χ0n) is 12.2. The Morgan fingerprint density at radius 3 is 2.59 bits per heavy atom. The molecule has 0 saturated carbocycles. The zero-order chi connectivity index (χ0) is 16.1. The highest BCUT2D eigenvalue weighted by atomic mass is 16.3. The molecule has 1 aliphatic heterocycles. The monoisotopic (exact) mass is 305 g/mol. The smallest absolute Gasteiger partial charge is 0.169 e. The van der Waals surface area contributed by atoms with Crippen molar-refractivity contribution in [2.75, 3.05) is 26.8 Å². The van der Waals surface area contributed by atoms with Gasteiger partial charge in [-0.3, -0.25) is 10.7 Å². The Bertz CT molecular complexity index is 597. The Labute approximate surface area is 127 Å². The molecule has 0 radical (unpaired) electrons. The molecular formula is C14H19N5O3. The van der Waals surface area contributed by atoms with E-state index in [9.17, 15) is 10.2 Å². The molecule has 1 aromatic carbocycles. The predicted molar refractivity (Wildman–Crippen MR) is 83.6 cm³/mol. The molecule has 0 bridgehead atoms. The van der Waals surface area contributed by atoms with Crippen LogP contribution in [0.5, 0.6) is 0 Å². The van der Waals surface area contributed by atoms with Gasteiger partial charge in [0.25, 0.3) is 0 Å². The number of benzene rings is 1. The number of hydrazone groups is 1. The van der Waals surface area contributed by atoms with Crippen LogP contribution in [0, 0.1) is 5.41 Å². The number of aliphatic hydroxyl groups is 3. The zero-order valence-corrected chi connectivity index (χ0v) is 12.2. The number of nitrogens with zero attached hydrogens (tertiary/aromatic N) is 3. The fourth-order valence-electron chi connectivity index (χ4n) is 1.97. The number of aliphatic imine (C=N–C) groups is 1. The minimum Gasteiger partial charge on any atom is -0.395 e. The molecule has 8 heteroatoms. The van der Waals surface area contributed by atoms with E-state index in [1.807, 2.05) is 0 Å². The maximum Gasteiger partial charge on any atom is 0.169 e. The average Bonchev–Trinajstić information content (AvgIpc) is 2.81. The second-order valence-corrected chi connectivity index (χ2v) is 4.71. The van der Waals surface area contributed by atoms with Crippen molar-refractivity contribution in [1.29, 1.82) is 5.41 Å². The molecule has 0 amide bonds. The Balaban J connectivity index is 2.16. The van der Waals surface area contributed by atoms with Gasteiger partial charge in [0.05, 0.1) is 18.9 Å². The molecule has 22 heavy (non-hydrogen) atoms. The minimum atomic E-state index is -0.862. The molecule has 1 aliphatic rings. The first kappa shape index (κ1) is 16.2. The third-order valence-electron chi connectivity index (χ3n) is 3.14. The SMILES string of the molecule is CN1N=C(CO)C(=Nc2ccc(C(O)NCCO)cc2)C1=N. The second kappa shape index (κ2) is 7.23. The van der Waals surface area contributed by atoms with Crippen LogP contribution in [0.4, 0.5) is 5.69 Å². The summed E-state index contributed by atoms with van der Waals surface area (Å²) in [5.41, 5.74) is 1.92. The van der Waals surface area contributed by atoms with E-state index in [2.05, 4.69) is 15.4 Å². The standard InChI is InChI=1S/C14H19N5O3/c1-19-13(15)12(11(8-21)18-19)17-10-4-2-9(3-5-10)14(22)16-6-7-20/h2-5,14-16,20-22H,6-8H2,1H3. The summed E-state index contributed by atoms with van der Waals surface area (Å²) in [6.45, 7) is -0.0415. The van der Waals surface area contributed by atoms with Crippen LogP contribution in [0.2, 0.25) is 0 Å². The van der Waals surface area contributed by atoms with E-state index in [0.29, 0.717) is 29.2 Å². The molecule has 0 fully saturated rings. The van der Waals surface area contributed by atoms with E-state index in [0.717, 1.165) is 0 Å². The molecule has 1 atom stereocenters. The summed E-state index contributed by atoms with van der Waals surface area (Å²) in [6, 6.07) is 6.80. The maximum absolute atomic E-state index is 9.83. The predicted octanol–water partition coefficient (Wildman–Crippen LogP) is -0.397. The highest BCUT2D eigenvalue weighted by Crippen LogP contribution is 2.18. The lowest BCUT2D eigenvalue weighted by atomic mass is 10.1. The number of aliphatic hydroxyl groups excluding tert-OH is 3. The lowest BCUT2D eigenvalue weighted by molar-refractivity contribution is 0.129. The van der Waals surface area contributed by atoms with Crippen LogP contribution in [-0.2, 0) is 0 Å². The van der Waals surface area contributed by atoms with Crippen LogP contribution in [0.25, 0.3) is 0 Å². The number of hydrogen-bond donors (Lipinski definition) is 5. The molecule has 1 heterocycles. The molecule has 5 N–H and O–H groups in total. The lowest BCUT2D eigenvalue weighted by Crippen LogP contribution is -2.25.